The zero-order chi connectivity index (χ0) is 16.8. The molecule has 7 nitrogen and oxygen atoms in total. The summed E-state index contributed by atoms with van der Waals surface area (Å²) in [7, 11) is 1.56. The SMILES string of the molecule is COc1ncccc1CCNC(=O)N1CC(C)CC(C(=O)O)C1. The standard InChI is InChI=1S/C16H23N3O4/c1-11-8-13(15(20)21)10-19(9-11)16(22)18-7-5-12-4-3-6-17-14(12)23-2/h3-4,6,11,13H,5,7-10H2,1-2H3,(H,18,22)(H,20,21). The molecule has 2 N–H and O–H groups in total. The molecule has 1 aromatic heterocycles. The number of carbonyl (C=O) groups is 2. The van der Waals surface area contributed by atoms with E-state index in [0.29, 0.717) is 31.8 Å². The normalized spacial score (nSPS) is 20.9. The average molecular weight is 321 g/mol. The molecule has 0 radical (unpaired) electrons. The lowest BCUT2D eigenvalue weighted by atomic mass is 9.91. The van der Waals surface area contributed by atoms with Gasteiger partial charge in [0.05, 0.1) is 13.0 Å². The van der Waals surface area contributed by atoms with Gasteiger partial charge in [-0.15, -0.1) is 0 Å². The molecule has 2 heterocycles. The highest BCUT2D eigenvalue weighted by molar-refractivity contribution is 5.76. The van der Waals surface area contributed by atoms with Gasteiger partial charge < -0.3 is 20.1 Å². The molecular formula is C16H23N3O4. The van der Waals surface area contributed by atoms with E-state index in [1.165, 1.54) is 0 Å². The molecule has 1 aromatic rings. The molecule has 0 spiro atoms. The summed E-state index contributed by atoms with van der Waals surface area (Å²) in [5.41, 5.74) is 0.922. The number of nitrogens with zero attached hydrogens (tertiary/aromatic N) is 2. The van der Waals surface area contributed by atoms with E-state index in [1.54, 1.807) is 18.2 Å². The number of methoxy groups -OCH3 is 1. The molecule has 0 saturated carbocycles. The number of nitrogens with one attached hydrogen (secondary N) is 1. The van der Waals surface area contributed by atoms with Gasteiger partial charge >= 0.3 is 12.0 Å². The fourth-order valence-corrected chi connectivity index (χ4v) is 2.91. The molecule has 1 aliphatic rings. The second-order valence-electron chi connectivity index (χ2n) is 5.93. The van der Waals surface area contributed by atoms with Gasteiger partial charge in [0.2, 0.25) is 5.88 Å². The van der Waals surface area contributed by atoms with Crippen molar-refractivity contribution in [3.8, 4) is 5.88 Å². The van der Waals surface area contributed by atoms with Crippen molar-refractivity contribution < 1.29 is 19.4 Å². The monoisotopic (exact) mass is 321 g/mol. The van der Waals surface area contributed by atoms with E-state index in [-0.39, 0.29) is 18.5 Å². The number of carboxylic acids is 1. The third-order valence-electron chi connectivity index (χ3n) is 4.01. The first-order chi connectivity index (χ1) is 11.0. The molecule has 7 heteroatoms. The van der Waals surface area contributed by atoms with Crippen molar-refractivity contribution in [3.05, 3.63) is 23.9 Å². The summed E-state index contributed by atoms with van der Waals surface area (Å²) in [6.45, 7) is 3.27. The smallest absolute Gasteiger partial charge is 0.317 e. The van der Waals surface area contributed by atoms with Crippen molar-refractivity contribution >= 4 is 12.0 Å². The molecule has 0 aliphatic carbocycles. The minimum absolute atomic E-state index is 0.189. The number of carbonyl (C=O) groups excluding carboxylic acids is 1. The Hall–Kier alpha value is -2.31. The molecule has 1 aliphatic heterocycles. The Morgan fingerprint density at radius 3 is 2.96 bits per heavy atom. The van der Waals surface area contributed by atoms with Gasteiger partial charge in [-0.3, -0.25) is 4.79 Å². The van der Waals surface area contributed by atoms with Crippen LogP contribution in [0.1, 0.15) is 18.9 Å². The molecule has 23 heavy (non-hydrogen) atoms. The van der Waals surface area contributed by atoms with Crippen LogP contribution in [0.3, 0.4) is 0 Å². The number of pyridine rings is 1. The summed E-state index contributed by atoms with van der Waals surface area (Å²) in [5, 5.41) is 12.0. The van der Waals surface area contributed by atoms with Crippen LogP contribution in [0.5, 0.6) is 5.88 Å². The van der Waals surface area contributed by atoms with E-state index < -0.39 is 11.9 Å². The number of likely N-dealkylation sites (tertiary alicyclic amines) is 1. The van der Waals surface area contributed by atoms with Crippen LogP contribution >= 0.6 is 0 Å². The van der Waals surface area contributed by atoms with Crippen molar-refractivity contribution in [3.63, 3.8) is 0 Å². The first-order valence-corrected chi connectivity index (χ1v) is 7.74. The van der Waals surface area contributed by atoms with E-state index in [9.17, 15) is 9.59 Å². The predicted octanol–water partition coefficient (Wildman–Crippen LogP) is 1.38. The zero-order valence-electron chi connectivity index (χ0n) is 13.5. The van der Waals surface area contributed by atoms with Crippen LogP contribution in [-0.4, -0.2) is 53.7 Å². The van der Waals surface area contributed by atoms with Crippen molar-refractivity contribution in [2.45, 2.75) is 19.8 Å². The molecule has 2 unspecified atom stereocenters. The predicted molar refractivity (Wildman–Crippen MR) is 84.4 cm³/mol. The molecule has 0 aromatic carbocycles. The molecule has 2 atom stereocenters. The average Bonchev–Trinajstić information content (AvgIpc) is 2.54. The van der Waals surface area contributed by atoms with Gasteiger partial charge in [0.25, 0.3) is 0 Å². The minimum Gasteiger partial charge on any atom is -0.481 e. The lowest BCUT2D eigenvalue weighted by molar-refractivity contribution is -0.143. The molecule has 0 bridgehead atoms. The highest BCUT2D eigenvalue weighted by atomic mass is 16.5. The summed E-state index contributed by atoms with van der Waals surface area (Å²) < 4.78 is 5.17. The Morgan fingerprint density at radius 2 is 2.26 bits per heavy atom. The van der Waals surface area contributed by atoms with Crippen LogP contribution in [0.15, 0.2) is 18.3 Å². The Morgan fingerprint density at radius 1 is 1.48 bits per heavy atom. The summed E-state index contributed by atoms with van der Waals surface area (Å²) in [6.07, 6.45) is 2.88. The van der Waals surface area contributed by atoms with Crippen LogP contribution in [0, 0.1) is 11.8 Å². The van der Waals surface area contributed by atoms with Crippen LogP contribution in [0.2, 0.25) is 0 Å². The van der Waals surface area contributed by atoms with E-state index in [4.69, 9.17) is 9.84 Å². The maximum absolute atomic E-state index is 12.2. The number of aliphatic carboxylic acids is 1. The van der Waals surface area contributed by atoms with Gasteiger partial charge in [-0.2, -0.15) is 0 Å². The van der Waals surface area contributed by atoms with E-state index in [2.05, 4.69) is 10.3 Å². The lowest BCUT2D eigenvalue weighted by Crippen LogP contribution is -2.49. The van der Waals surface area contributed by atoms with Crippen molar-refractivity contribution in [1.82, 2.24) is 15.2 Å². The largest absolute Gasteiger partial charge is 0.481 e. The van der Waals surface area contributed by atoms with Crippen LogP contribution in [0.25, 0.3) is 0 Å². The molecule has 2 rings (SSSR count). The number of aromatic nitrogens is 1. The van der Waals surface area contributed by atoms with E-state index >= 15 is 0 Å². The molecular weight excluding hydrogens is 298 g/mol. The molecule has 1 saturated heterocycles. The molecule has 126 valence electrons. The number of carboxylic acid groups (broad SMARTS) is 1. The zero-order valence-corrected chi connectivity index (χ0v) is 13.5. The molecule has 1 fully saturated rings. The van der Waals surface area contributed by atoms with Crippen LogP contribution < -0.4 is 10.1 Å². The van der Waals surface area contributed by atoms with Crippen LogP contribution in [-0.2, 0) is 11.2 Å². The Labute approximate surface area is 135 Å². The van der Waals surface area contributed by atoms with Gasteiger partial charge in [0.15, 0.2) is 0 Å². The quantitative estimate of drug-likeness (QED) is 0.855. The van der Waals surface area contributed by atoms with Gasteiger partial charge in [-0.25, -0.2) is 9.78 Å². The third kappa shape index (κ3) is 4.58. The minimum atomic E-state index is -0.838. The second-order valence-corrected chi connectivity index (χ2v) is 5.93. The Kier molecular flexibility index (Phi) is 5.78. The lowest BCUT2D eigenvalue weighted by Gasteiger charge is -2.34. The number of ether oxygens (including phenoxy) is 1. The van der Waals surface area contributed by atoms with Gasteiger partial charge in [0.1, 0.15) is 0 Å². The fourth-order valence-electron chi connectivity index (χ4n) is 2.91. The van der Waals surface area contributed by atoms with Crippen LogP contribution in [0.4, 0.5) is 4.79 Å². The summed E-state index contributed by atoms with van der Waals surface area (Å²) >= 11 is 0. The third-order valence-corrected chi connectivity index (χ3v) is 4.01. The van der Waals surface area contributed by atoms with Gasteiger partial charge in [0, 0.05) is 31.4 Å². The highest BCUT2D eigenvalue weighted by Gasteiger charge is 2.31. The van der Waals surface area contributed by atoms with Gasteiger partial charge in [-0.05, 0) is 24.8 Å². The topological polar surface area (TPSA) is 91.8 Å². The highest BCUT2D eigenvalue weighted by Crippen LogP contribution is 2.21. The number of amides is 2. The second kappa shape index (κ2) is 7.80. The first-order valence-electron chi connectivity index (χ1n) is 7.74. The number of urea groups is 1. The van der Waals surface area contributed by atoms with Crippen molar-refractivity contribution in [1.29, 1.82) is 0 Å². The van der Waals surface area contributed by atoms with Gasteiger partial charge in [-0.1, -0.05) is 13.0 Å². The summed E-state index contributed by atoms with van der Waals surface area (Å²) in [5.74, 6) is -0.578. The first kappa shape index (κ1) is 17.1. The number of rotatable bonds is 5. The Bertz CT molecular complexity index is 564. The van der Waals surface area contributed by atoms with Crippen molar-refractivity contribution in [2.75, 3.05) is 26.7 Å². The molecule has 2 amide bonds. The fraction of sp³-hybridized carbons (Fsp3) is 0.562. The van der Waals surface area contributed by atoms with E-state index in [1.807, 2.05) is 19.1 Å². The maximum atomic E-state index is 12.2. The number of hydrogen-bond acceptors (Lipinski definition) is 4. The van der Waals surface area contributed by atoms with E-state index in [0.717, 1.165) is 5.56 Å². The Balaban J connectivity index is 1.85. The van der Waals surface area contributed by atoms with Crippen molar-refractivity contribution in [2.24, 2.45) is 11.8 Å². The summed E-state index contributed by atoms with van der Waals surface area (Å²) in [4.78, 5) is 29.1. The number of piperidine rings is 1. The summed E-state index contributed by atoms with van der Waals surface area (Å²) in [6, 6.07) is 3.51. The number of hydrogen-bond donors (Lipinski definition) is 2. The maximum Gasteiger partial charge on any atom is 0.317 e.